The first-order chi connectivity index (χ1) is 13.0. The molecule has 1 heterocycles. The van der Waals surface area contributed by atoms with Crippen LogP contribution in [-0.4, -0.2) is 47.5 Å². The van der Waals surface area contributed by atoms with Gasteiger partial charge < -0.3 is 4.90 Å². The van der Waals surface area contributed by atoms with Gasteiger partial charge in [-0.1, -0.05) is 42.5 Å². The third-order valence-corrected chi connectivity index (χ3v) is 4.55. The summed E-state index contributed by atoms with van der Waals surface area (Å²) in [5, 5.41) is 22.2. The molecule has 8 nitrogen and oxygen atoms in total. The van der Waals surface area contributed by atoms with Crippen molar-refractivity contribution < 1.29 is 9.85 Å². The molecule has 0 aromatic heterocycles. The second kappa shape index (κ2) is 8.41. The summed E-state index contributed by atoms with van der Waals surface area (Å²) < 4.78 is 0. The molecule has 8 heteroatoms. The lowest BCUT2D eigenvalue weighted by atomic mass is 10.2. The van der Waals surface area contributed by atoms with Crippen molar-refractivity contribution in [3.63, 3.8) is 0 Å². The third kappa shape index (κ3) is 4.68. The van der Waals surface area contributed by atoms with Crippen molar-refractivity contribution in [1.82, 2.24) is 4.90 Å². The summed E-state index contributed by atoms with van der Waals surface area (Å²) in [6.45, 7) is 3.63. The lowest BCUT2D eigenvalue weighted by Gasteiger charge is -2.35. The molecule has 0 spiro atoms. The Morgan fingerprint density at radius 1 is 0.926 bits per heavy atom. The molecule has 1 saturated heterocycles. The van der Waals surface area contributed by atoms with Gasteiger partial charge in [0.1, 0.15) is 5.69 Å². The van der Waals surface area contributed by atoms with E-state index in [4.69, 9.17) is 0 Å². The van der Waals surface area contributed by atoms with Gasteiger partial charge in [-0.15, -0.1) is 0 Å². The fraction of sp³-hybridized carbons (Fsp3) is 0.263. The Bertz CT molecular complexity index is 846. The molecule has 0 aliphatic carbocycles. The van der Waals surface area contributed by atoms with Gasteiger partial charge in [0.15, 0.2) is 0 Å². The monoisotopic (exact) mass is 368 g/mol. The smallest absolute Gasteiger partial charge is 0.299 e. The third-order valence-electron chi connectivity index (χ3n) is 4.55. The minimum atomic E-state index is -0.617. The van der Waals surface area contributed by atoms with E-state index in [1.165, 1.54) is 12.1 Å². The molecule has 1 fully saturated rings. The first-order valence-corrected chi connectivity index (χ1v) is 8.66. The zero-order valence-electron chi connectivity index (χ0n) is 14.7. The molecule has 0 radical (unpaired) electrons. The van der Waals surface area contributed by atoms with Crippen molar-refractivity contribution in [1.29, 1.82) is 0 Å². The van der Waals surface area contributed by atoms with Crippen molar-refractivity contribution in [3.8, 4) is 0 Å². The standard InChI is InChI=1S/C19H20N4O4/c24-22(25)17-8-9-18(19(15-17)23(26)27)21-13-11-20(12-14-21)10-4-7-16-5-2-1-3-6-16/h1-9,15H,10-14H2. The number of rotatable bonds is 6. The van der Waals surface area contributed by atoms with Crippen LogP contribution in [0.1, 0.15) is 5.56 Å². The quantitative estimate of drug-likeness (QED) is 0.573. The maximum atomic E-state index is 11.3. The predicted molar refractivity (Wildman–Crippen MR) is 104 cm³/mol. The van der Waals surface area contributed by atoms with Crippen LogP contribution in [0.2, 0.25) is 0 Å². The number of hydrogen-bond donors (Lipinski definition) is 0. The van der Waals surface area contributed by atoms with E-state index in [0.717, 1.165) is 31.3 Å². The summed E-state index contributed by atoms with van der Waals surface area (Å²) in [7, 11) is 0. The minimum absolute atomic E-state index is 0.221. The normalized spacial score (nSPS) is 15.2. The van der Waals surface area contributed by atoms with E-state index in [1.807, 2.05) is 35.2 Å². The number of nitro groups is 2. The summed E-state index contributed by atoms with van der Waals surface area (Å²) in [6, 6.07) is 13.9. The summed E-state index contributed by atoms with van der Waals surface area (Å²) in [5.41, 5.74) is 1.10. The van der Waals surface area contributed by atoms with Crippen molar-refractivity contribution in [3.05, 3.63) is 80.4 Å². The van der Waals surface area contributed by atoms with Crippen molar-refractivity contribution in [2.75, 3.05) is 37.6 Å². The second-order valence-corrected chi connectivity index (χ2v) is 6.29. The zero-order valence-corrected chi connectivity index (χ0v) is 14.7. The molecule has 0 saturated carbocycles. The molecule has 140 valence electrons. The van der Waals surface area contributed by atoms with Crippen LogP contribution in [0.15, 0.2) is 54.6 Å². The molecule has 0 unspecified atom stereocenters. The summed E-state index contributed by atoms with van der Waals surface area (Å²) in [5.74, 6) is 0. The highest BCUT2D eigenvalue weighted by Gasteiger charge is 2.25. The first-order valence-electron chi connectivity index (χ1n) is 8.66. The van der Waals surface area contributed by atoms with Crippen LogP contribution in [0.3, 0.4) is 0 Å². The average molecular weight is 368 g/mol. The highest BCUT2D eigenvalue weighted by molar-refractivity contribution is 5.67. The van der Waals surface area contributed by atoms with E-state index in [0.29, 0.717) is 18.8 Å². The van der Waals surface area contributed by atoms with E-state index in [9.17, 15) is 20.2 Å². The molecule has 0 N–H and O–H groups in total. The van der Waals surface area contributed by atoms with Gasteiger partial charge in [0.25, 0.3) is 11.4 Å². The van der Waals surface area contributed by atoms with E-state index < -0.39 is 9.85 Å². The summed E-state index contributed by atoms with van der Waals surface area (Å²) in [4.78, 5) is 25.2. The van der Waals surface area contributed by atoms with Gasteiger partial charge >= 0.3 is 0 Å². The Morgan fingerprint density at radius 2 is 1.63 bits per heavy atom. The highest BCUT2D eigenvalue weighted by atomic mass is 16.6. The van der Waals surface area contributed by atoms with Gasteiger partial charge in [-0.05, 0) is 11.6 Å². The largest absolute Gasteiger partial charge is 0.363 e. The van der Waals surface area contributed by atoms with Gasteiger partial charge in [-0.3, -0.25) is 25.1 Å². The van der Waals surface area contributed by atoms with Gasteiger partial charge in [-0.2, -0.15) is 0 Å². The predicted octanol–water partition coefficient (Wildman–Crippen LogP) is 3.34. The number of anilines is 1. The molecule has 2 aromatic carbocycles. The maximum absolute atomic E-state index is 11.3. The molecular formula is C19H20N4O4. The second-order valence-electron chi connectivity index (χ2n) is 6.29. The van der Waals surface area contributed by atoms with E-state index in [1.54, 1.807) is 0 Å². The number of hydrogen-bond acceptors (Lipinski definition) is 6. The van der Waals surface area contributed by atoms with Gasteiger partial charge in [0.2, 0.25) is 0 Å². The van der Waals surface area contributed by atoms with Crippen LogP contribution < -0.4 is 4.90 Å². The molecule has 3 rings (SSSR count). The molecule has 0 amide bonds. The lowest BCUT2D eigenvalue weighted by Crippen LogP contribution is -2.46. The van der Waals surface area contributed by atoms with Gasteiger partial charge in [0.05, 0.1) is 15.9 Å². The Kier molecular flexibility index (Phi) is 5.77. The van der Waals surface area contributed by atoms with Crippen LogP contribution in [0.4, 0.5) is 17.1 Å². The van der Waals surface area contributed by atoms with Crippen LogP contribution >= 0.6 is 0 Å². The SMILES string of the molecule is O=[N+]([O-])c1ccc(N2CCN(CC=Cc3ccccc3)CC2)c([N+](=O)[O-])c1. The number of benzene rings is 2. The van der Waals surface area contributed by atoms with Crippen molar-refractivity contribution in [2.24, 2.45) is 0 Å². The summed E-state index contributed by atoms with van der Waals surface area (Å²) in [6.07, 6.45) is 4.19. The minimum Gasteiger partial charge on any atom is -0.363 e. The van der Waals surface area contributed by atoms with E-state index in [-0.39, 0.29) is 11.4 Å². The Balaban J connectivity index is 1.61. The Labute approximate surface area is 156 Å². The first kappa shape index (κ1) is 18.5. The molecule has 27 heavy (non-hydrogen) atoms. The number of nitrogens with zero attached hydrogens (tertiary/aromatic N) is 4. The van der Waals surface area contributed by atoms with Crippen LogP contribution in [0, 0.1) is 20.2 Å². The Hall–Kier alpha value is -3.26. The zero-order chi connectivity index (χ0) is 19.2. The van der Waals surface area contributed by atoms with Crippen LogP contribution in [0.25, 0.3) is 6.08 Å². The molecule has 0 atom stereocenters. The average Bonchev–Trinajstić information content (AvgIpc) is 2.69. The van der Waals surface area contributed by atoms with Crippen LogP contribution in [-0.2, 0) is 0 Å². The molecule has 1 aliphatic heterocycles. The summed E-state index contributed by atoms with van der Waals surface area (Å²) >= 11 is 0. The lowest BCUT2D eigenvalue weighted by molar-refractivity contribution is -0.393. The van der Waals surface area contributed by atoms with E-state index in [2.05, 4.69) is 17.1 Å². The molecule has 0 bridgehead atoms. The van der Waals surface area contributed by atoms with Crippen LogP contribution in [0.5, 0.6) is 0 Å². The van der Waals surface area contributed by atoms with Crippen molar-refractivity contribution in [2.45, 2.75) is 0 Å². The fourth-order valence-electron chi connectivity index (χ4n) is 3.11. The molecular weight excluding hydrogens is 348 g/mol. The molecule has 2 aromatic rings. The Morgan fingerprint density at radius 3 is 2.26 bits per heavy atom. The van der Waals surface area contributed by atoms with E-state index >= 15 is 0 Å². The molecule has 1 aliphatic rings. The highest BCUT2D eigenvalue weighted by Crippen LogP contribution is 2.32. The fourth-order valence-corrected chi connectivity index (χ4v) is 3.11. The number of piperazine rings is 1. The van der Waals surface area contributed by atoms with Crippen molar-refractivity contribution >= 4 is 23.1 Å². The van der Waals surface area contributed by atoms with Gasteiger partial charge in [-0.25, -0.2) is 0 Å². The topological polar surface area (TPSA) is 92.8 Å². The van der Waals surface area contributed by atoms with Gasteiger partial charge in [0, 0.05) is 38.8 Å². The maximum Gasteiger partial charge on any atom is 0.299 e. The number of nitro benzene ring substituents is 2. The number of non-ortho nitro benzene ring substituents is 1.